The fourth-order valence-corrected chi connectivity index (χ4v) is 3.15. The first-order valence-electron chi connectivity index (χ1n) is 5.68. The number of thiophene rings is 1. The Morgan fingerprint density at radius 3 is 2.40 bits per heavy atom. The molecule has 1 aromatic carbocycles. The number of rotatable bonds is 4. The highest BCUT2D eigenvalue weighted by atomic mass is 127. The van der Waals surface area contributed by atoms with Crippen molar-refractivity contribution >= 4 is 33.9 Å². The summed E-state index contributed by atoms with van der Waals surface area (Å²) >= 11 is 3.84. The van der Waals surface area contributed by atoms with Crippen LogP contribution in [0.15, 0.2) is 35.7 Å². The topological polar surface area (TPSA) is 35.2 Å². The number of hydrogen-bond donors (Lipinski definition) is 1. The van der Waals surface area contributed by atoms with Crippen LogP contribution in [0, 0.1) is 2.88 Å². The quantitative estimate of drug-likeness (QED) is 0.750. The number of hydrogen-bond acceptors (Lipinski definition) is 3. The molecule has 2 aromatic rings. The Morgan fingerprint density at radius 2 is 1.90 bits per heavy atom. The summed E-state index contributed by atoms with van der Waals surface area (Å²) in [6.07, 6.45) is -4.09. The lowest BCUT2D eigenvalue weighted by molar-refractivity contribution is -0.274. The minimum atomic E-state index is -4.66. The molecule has 0 saturated heterocycles. The molecule has 0 spiro atoms. The van der Waals surface area contributed by atoms with E-state index in [0.29, 0.717) is 6.42 Å². The molecule has 0 aliphatic heterocycles. The molecular weight excluding hydrogens is 402 g/mol. The number of benzene rings is 1. The molecule has 2 nitrogen and oxygen atoms in total. The maximum absolute atomic E-state index is 12.0. The van der Waals surface area contributed by atoms with Gasteiger partial charge in [-0.05, 0) is 63.7 Å². The number of nitrogens with two attached hydrogens (primary N) is 1. The summed E-state index contributed by atoms with van der Waals surface area (Å²) in [5, 5.41) is 1.99. The van der Waals surface area contributed by atoms with E-state index < -0.39 is 6.36 Å². The zero-order valence-electron chi connectivity index (χ0n) is 10.2. The Balaban J connectivity index is 2.00. The Labute approximate surface area is 131 Å². The van der Waals surface area contributed by atoms with E-state index in [1.807, 2.05) is 11.4 Å². The second kappa shape index (κ2) is 6.31. The summed E-state index contributed by atoms with van der Waals surface area (Å²) in [5.74, 6) is -0.222. The van der Waals surface area contributed by atoms with Gasteiger partial charge in [-0.15, -0.1) is 24.5 Å². The molecule has 0 amide bonds. The van der Waals surface area contributed by atoms with E-state index in [2.05, 4.69) is 27.3 Å². The highest BCUT2D eigenvalue weighted by Crippen LogP contribution is 2.26. The molecule has 0 fully saturated rings. The predicted octanol–water partition coefficient (Wildman–Crippen LogP) is 4.49. The van der Waals surface area contributed by atoms with E-state index in [9.17, 15) is 13.2 Å². The van der Waals surface area contributed by atoms with Gasteiger partial charge in [-0.25, -0.2) is 0 Å². The highest BCUT2D eigenvalue weighted by Gasteiger charge is 2.30. The van der Waals surface area contributed by atoms with Gasteiger partial charge in [0.25, 0.3) is 0 Å². The van der Waals surface area contributed by atoms with Gasteiger partial charge in [0, 0.05) is 6.04 Å². The summed E-state index contributed by atoms with van der Waals surface area (Å²) in [7, 11) is 0. The fraction of sp³-hybridized carbons (Fsp3) is 0.231. The summed E-state index contributed by atoms with van der Waals surface area (Å²) in [4.78, 5) is 0. The van der Waals surface area contributed by atoms with Crippen LogP contribution in [0.25, 0.3) is 0 Å². The van der Waals surface area contributed by atoms with Crippen LogP contribution in [0.1, 0.15) is 17.2 Å². The van der Waals surface area contributed by atoms with Crippen molar-refractivity contribution in [2.75, 3.05) is 0 Å². The van der Waals surface area contributed by atoms with Crippen molar-refractivity contribution in [3.63, 3.8) is 0 Å². The van der Waals surface area contributed by atoms with Gasteiger partial charge in [0.05, 0.1) is 2.88 Å². The molecule has 20 heavy (non-hydrogen) atoms. The van der Waals surface area contributed by atoms with Crippen LogP contribution < -0.4 is 10.5 Å². The van der Waals surface area contributed by atoms with Crippen molar-refractivity contribution in [3.8, 4) is 5.75 Å². The summed E-state index contributed by atoms with van der Waals surface area (Å²) < 4.78 is 41.1. The van der Waals surface area contributed by atoms with Crippen molar-refractivity contribution in [1.29, 1.82) is 0 Å². The van der Waals surface area contributed by atoms with Crippen molar-refractivity contribution in [2.24, 2.45) is 5.73 Å². The van der Waals surface area contributed by atoms with Gasteiger partial charge in [0.15, 0.2) is 0 Å². The molecule has 2 N–H and O–H groups in total. The van der Waals surface area contributed by atoms with Gasteiger partial charge in [0.1, 0.15) is 5.75 Å². The molecule has 108 valence electrons. The molecule has 0 aliphatic rings. The van der Waals surface area contributed by atoms with Gasteiger partial charge in [-0.2, -0.15) is 0 Å². The lowest BCUT2D eigenvalue weighted by Crippen LogP contribution is -2.17. The molecule has 7 heteroatoms. The molecular formula is C13H11F3INOS. The number of ether oxygens (including phenoxy) is 1. The molecule has 1 unspecified atom stereocenters. The number of alkyl halides is 3. The van der Waals surface area contributed by atoms with E-state index in [1.165, 1.54) is 12.1 Å². The normalized spacial score (nSPS) is 13.2. The van der Waals surface area contributed by atoms with E-state index in [1.54, 1.807) is 23.5 Å². The third-order valence-electron chi connectivity index (χ3n) is 2.63. The van der Waals surface area contributed by atoms with Crippen LogP contribution >= 0.6 is 33.9 Å². The minimum absolute atomic E-state index is 0.163. The summed E-state index contributed by atoms with van der Waals surface area (Å²) in [6, 6.07) is 7.64. The Kier molecular flexibility index (Phi) is 4.92. The third-order valence-corrected chi connectivity index (χ3v) is 4.44. The van der Waals surface area contributed by atoms with Crippen molar-refractivity contribution < 1.29 is 17.9 Å². The highest BCUT2D eigenvalue weighted by molar-refractivity contribution is 14.1. The zero-order chi connectivity index (χ0) is 14.8. The largest absolute Gasteiger partial charge is 0.573 e. The Hall–Kier alpha value is -0.800. The van der Waals surface area contributed by atoms with Crippen LogP contribution in [0.5, 0.6) is 5.75 Å². The maximum atomic E-state index is 12.0. The second-order valence-corrected chi connectivity index (χ2v) is 6.99. The number of halogens is 4. The SMILES string of the molecule is NC(Cc1ccc(OC(F)(F)F)cc1)c1csc(I)c1. The molecule has 0 saturated carbocycles. The minimum Gasteiger partial charge on any atom is -0.406 e. The lowest BCUT2D eigenvalue weighted by atomic mass is 10.0. The lowest BCUT2D eigenvalue weighted by Gasteiger charge is -2.12. The van der Waals surface area contributed by atoms with E-state index >= 15 is 0 Å². The average Bonchev–Trinajstić information content (AvgIpc) is 2.77. The van der Waals surface area contributed by atoms with Gasteiger partial charge in [-0.1, -0.05) is 12.1 Å². The molecule has 0 aliphatic carbocycles. The van der Waals surface area contributed by atoms with Crippen LogP contribution in [-0.2, 0) is 6.42 Å². The van der Waals surface area contributed by atoms with Crippen LogP contribution in [0.3, 0.4) is 0 Å². The Bertz CT molecular complexity index is 568. The first-order chi connectivity index (χ1) is 9.33. The first-order valence-corrected chi connectivity index (χ1v) is 7.63. The van der Waals surface area contributed by atoms with E-state index in [4.69, 9.17) is 5.73 Å². The standard InChI is InChI=1S/C13H11F3INOS/c14-13(15,16)19-10-3-1-8(2-4-10)5-11(18)9-6-12(17)20-7-9/h1-4,6-7,11H,5,18H2. The summed E-state index contributed by atoms with van der Waals surface area (Å²) in [5.41, 5.74) is 7.98. The second-order valence-electron chi connectivity index (χ2n) is 4.19. The Morgan fingerprint density at radius 1 is 1.25 bits per heavy atom. The molecule has 1 atom stereocenters. The van der Waals surface area contributed by atoms with E-state index in [-0.39, 0.29) is 11.8 Å². The van der Waals surface area contributed by atoms with Crippen LogP contribution in [-0.4, -0.2) is 6.36 Å². The summed E-state index contributed by atoms with van der Waals surface area (Å²) in [6.45, 7) is 0. The van der Waals surface area contributed by atoms with Crippen molar-refractivity contribution in [2.45, 2.75) is 18.8 Å². The molecule has 1 heterocycles. The molecule has 0 bridgehead atoms. The van der Waals surface area contributed by atoms with Crippen LogP contribution in [0.4, 0.5) is 13.2 Å². The third kappa shape index (κ3) is 4.64. The van der Waals surface area contributed by atoms with E-state index in [0.717, 1.165) is 14.0 Å². The fourth-order valence-electron chi connectivity index (χ4n) is 1.72. The maximum Gasteiger partial charge on any atom is 0.573 e. The van der Waals surface area contributed by atoms with Gasteiger partial charge >= 0.3 is 6.36 Å². The predicted molar refractivity (Wildman–Crippen MR) is 80.8 cm³/mol. The molecule has 1 aromatic heterocycles. The van der Waals surface area contributed by atoms with Crippen LogP contribution in [0.2, 0.25) is 0 Å². The first kappa shape index (κ1) is 15.6. The van der Waals surface area contributed by atoms with Gasteiger partial charge in [0.2, 0.25) is 0 Å². The monoisotopic (exact) mass is 413 g/mol. The zero-order valence-corrected chi connectivity index (χ0v) is 13.1. The van der Waals surface area contributed by atoms with Gasteiger partial charge in [-0.3, -0.25) is 0 Å². The average molecular weight is 413 g/mol. The smallest absolute Gasteiger partial charge is 0.406 e. The molecule has 0 radical (unpaired) electrons. The van der Waals surface area contributed by atoms with Crippen molar-refractivity contribution in [3.05, 3.63) is 49.7 Å². The molecule has 2 rings (SSSR count). The van der Waals surface area contributed by atoms with Crippen molar-refractivity contribution in [1.82, 2.24) is 0 Å². The van der Waals surface area contributed by atoms with Gasteiger partial charge < -0.3 is 10.5 Å².